The summed E-state index contributed by atoms with van der Waals surface area (Å²) >= 11 is 0. The molecule has 1 aromatic rings. The molecule has 1 heterocycles. The minimum Gasteiger partial charge on any atom is -0.396 e. The smallest absolute Gasteiger partial charge is 0.224 e. The second-order valence-electron chi connectivity index (χ2n) is 7.26. The van der Waals surface area contributed by atoms with Crippen LogP contribution in [0.4, 0.5) is 0 Å². The van der Waals surface area contributed by atoms with Crippen molar-refractivity contribution in [2.75, 3.05) is 19.7 Å². The third-order valence-electron chi connectivity index (χ3n) is 5.62. The van der Waals surface area contributed by atoms with Gasteiger partial charge in [0.15, 0.2) is 0 Å². The van der Waals surface area contributed by atoms with Gasteiger partial charge in [0.1, 0.15) is 0 Å². The van der Waals surface area contributed by atoms with E-state index in [1.807, 2.05) is 30.3 Å². The number of nitrogens with one attached hydrogen (secondary N) is 1. The van der Waals surface area contributed by atoms with Crippen molar-refractivity contribution in [2.24, 2.45) is 5.92 Å². The molecular formula is C20H30N2O2. The molecule has 24 heavy (non-hydrogen) atoms. The first-order valence-corrected chi connectivity index (χ1v) is 9.48. The quantitative estimate of drug-likeness (QED) is 0.843. The molecule has 1 aliphatic carbocycles. The van der Waals surface area contributed by atoms with Crippen molar-refractivity contribution < 1.29 is 9.90 Å². The summed E-state index contributed by atoms with van der Waals surface area (Å²) in [7, 11) is 0. The van der Waals surface area contributed by atoms with Gasteiger partial charge in [-0.2, -0.15) is 0 Å². The standard InChI is InChI=1S/C20H30N2O2/c23-14-12-19(16-7-3-1-4-8-16)21-20(24)17-11-13-22(15-17)18-9-5-2-6-10-18/h1,3-4,7-8,17-19,23H,2,5-6,9-15H2,(H,21,24). The first-order valence-electron chi connectivity index (χ1n) is 9.48. The van der Waals surface area contributed by atoms with Gasteiger partial charge in [-0.25, -0.2) is 0 Å². The van der Waals surface area contributed by atoms with Crippen LogP contribution in [0, 0.1) is 5.92 Å². The SMILES string of the molecule is O=C(NC(CCO)c1ccccc1)C1CCN(C2CCCCC2)C1. The molecule has 0 spiro atoms. The van der Waals surface area contributed by atoms with E-state index in [1.54, 1.807) is 0 Å². The van der Waals surface area contributed by atoms with Crippen molar-refractivity contribution in [2.45, 2.75) is 57.0 Å². The van der Waals surface area contributed by atoms with Gasteiger partial charge in [0, 0.05) is 19.2 Å². The van der Waals surface area contributed by atoms with Gasteiger partial charge in [0.25, 0.3) is 0 Å². The van der Waals surface area contributed by atoms with Crippen LogP contribution in [0.25, 0.3) is 0 Å². The lowest BCUT2D eigenvalue weighted by Crippen LogP contribution is -2.38. The van der Waals surface area contributed by atoms with E-state index in [-0.39, 0.29) is 24.5 Å². The molecule has 0 bridgehead atoms. The number of carbonyl (C=O) groups excluding carboxylic acids is 1. The zero-order valence-corrected chi connectivity index (χ0v) is 14.5. The van der Waals surface area contributed by atoms with E-state index in [1.165, 1.54) is 32.1 Å². The van der Waals surface area contributed by atoms with Crippen molar-refractivity contribution in [3.63, 3.8) is 0 Å². The van der Waals surface area contributed by atoms with Gasteiger partial charge in [0.05, 0.1) is 12.0 Å². The van der Waals surface area contributed by atoms with Gasteiger partial charge in [-0.1, -0.05) is 49.6 Å². The summed E-state index contributed by atoms with van der Waals surface area (Å²) in [6, 6.07) is 10.6. The molecule has 1 amide bonds. The Morgan fingerprint density at radius 3 is 2.62 bits per heavy atom. The topological polar surface area (TPSA) is 52.6 Å². The van der Waals surface area contributed by atoms with Crippen LogP contribution in [-0.2, 0) is 4.79 Å². The highest BCUT2D eigenvalue weighted by Crippen LogP contribution is 2.28. The highest BCUT2D eigenvalue weighted by Gasteiger charge is 2.33. The molecule has 1 saturated carbocycles. The Morgan fingerprint density at radius 2 is 1.92 bits per heavy atom. The minimum atomic E-state index is -0.0903. The van der Waals surface area contributed by atoms with Crippen LogP contribution in [0.2, 0.25) is 0 Å². The number of nitrogens with zero attached hydrogens (tertiary/aromatic N) is 1. The van der Waals surface area contributed by atoms with Gasteiger partial charge in [-0.3, -0.25) is 9.69 Å². The molecule has 132 valence electrons. The predicted octanol–water partition coefficient (Wildman–Crippen LogP) is 2.88. The van der Waals surface area contributed by atoms with Crippen molar-refractivity contribution in [1.29, 1.82) is 0 Å². The lowest BCUT2D eigenvalue weighted by atomic mass is 9.94. The molecule has 2 unspecified atom stereocenters. The fourth-order valence-corrected chi connectivity index (χ4v) is 4.21. The minimum absolute atomic E-state index is 0.0821. The summed E-state index contributed by atoms with van der Waals surface area (Å²) in [5.41, 5.74) is 1.07. The number of amides is 1. The van der Waals surface area contributed by atoms with Crippen LogP contribution >= 0.6 is 0 Å². The Hall–Kier alpha value is -1.39. The molecule has 2 atom stereocenters. The first-order chi connectivity index (χ1) is 11.8. The number of likely N-dealkylation sites (tertiary alicyclic amines) is 1. The van der Waals surface area contributed by atoms with Crippen LogP contribution < -0.4 is 5.32 Å². The summed E-state index contributed by atoms with van der Waals surface area (Å²) in [6.07, 6.45) is 8.16. The third kappa shape index (κ3) is 4.37. The van der Waals surface area contributed by atoms with Crippen molar-refractivity contribution in [3.05, 3.63) is 35.9 Å². The maximum absolute atomic E-state index is 12.7. The molecule has 3 rings (SSSR count). The number of hydrogen-bond acceptors (Lipinski definition) is 3. The highest BCUT2D eigenvalue weighted by atomic mass is 16.3. The molecule has 1 aromatic carbocycles. The Bertz CT molecular complexity index is 514. The van der Waals surface area contributed by atoms with E-state index >= 15 is 0 Å². The number of rotatable bonds is 6. The fraction of sp³-hybridized carbons (Fsp3) is 0.650. The summed E-state index contributed by atoms with van der Waals surface area (Å²) < 4.78 is 0. The van der Waals surface area contributed by atoms with Crippen LogP contribution in [0.1, 0.15) is 56.6 Å². The molecule has 2 aliphatic rings. The number of aliphatic hydroxyl groups excluding tert-OH is 1. The van der Waals surface area contributed by atoms with Gasteiger partial charge >= 0.3 is 0 Å². The summed E-state index contributed by atoms with van der Waals surface area (Å²) in [5, 5.41) is 12.5. The average Bonchev–Trinajstić information content (AvgIpc) is 3.13. The number of aliphatic hydroxyl groups is 1. The maximum atomic E-state index is 12.7. The number of hydrogen-bond donors (Lipinski definition) is 2. The average molecular weight is 330 g/mol. The second-order valence-corrected chi connectivity index (χ2v) is 7.26. The molecule has 0 radical (unpaired) electrons. The first kappa shape index (κ1) is 17.4. The largest absolute Gasteiger partial charge is 0.396 e. The van der Waals surface area contributed by atoms with Gasteiger partial charge in [-0.05, 0) is 37.8 Å². The van der Waals surface area contributed by atoms with Crippen molar-refractivity contribution in [1.82, 2.24) is 10.2 Å². The Kier molecular flexibility index (Phi) is 6.27. The summed E-state index contributed by atoms with van der Waals surface area (Å²) in [5.74, 6) is 0.243. The summed E-state index contributed by atoms with van der Waals surface area (Å²) in [6.45, 7) is 2.04. The van der Waals surface area contributed by atoms with Gasteiger partial charge in [0.2, 0.25) is 5.91 Å². The molecule has 4 heteroatoms. The van der Waals surface area contributed by atoms with Crippen molar-refractivity contribution in [3.8, 4) is 0 Å². The van der Waals surface area contributed by atoms with Crippen LogP contribution in [0.3, 0.4) is 0 Å². The lowest BCUT2D eigenvalue weighted by Gasteiger charge is -2.31. The van der Waals surface area contributed by atoms with Gasteiger partial charge < -0.3 is 10.4 Å². The molecule has 1 saturated heterocycles. The molecule has 4 nitrogen and oxygen atoms in total. The molecule has 0 aromatic heterocycles. The van der Waals surface area contributed by atoms with E-state index in [0.29, 0.717) is 12.5 Å². The Labute approximate surface area is 145 Å². The third-order valence-corrected chi connectivity index (χ3v) is 5.62. The van der Waals surface area contributed by atoms with E-state index in [0.717, 1.165) is 25.1 Å². The predicted molar refractivity (Wildman–Crippen MR) is 95.6 cm³/mol. The van der Waals surface area contributed by atoms with E-state index in [4.69, 9.17) is 0 Å². The zero-order chi connectivity index (χ0) is 16.8. The zero-order valence-electron chi connectivity index (χ0n) is 14.5. The lowest BCUT2D eigenvalue weighted by molar-refractivity contribution is -0.125. The Balaban J connectivity index is 1.55. The molecular weight excluding hydrogens is 300 g/mol. The van der Waals surface area contributed by atoms with E-state index in [9.17, 15) is 9.90 Å². The second kappa shape index (κ2) is 8.63. The Morgan fingerprint density at radius 1 is 1.17 bits per heavy atom. The molecule has 2 N–H and O–H groups in total. The van der Waals surface area contributed by atoms with E-state index in [2.05, 4.69) is 10.2 Å². The van der Waals surface area contributed by atoms with Crippen LogP contribution in [0.5, 0.6) is 0 Å². The van der Waals surface area contributed by atoms with Crippen molar-refractivity contribution >= 4 is 5.91 Å². The monoisotopic (exact) mass is 330 g/mol. The number of benzene rings is 1. The van der Waals surface area contributed by atoms with E-state index < -0.39 is 0 Å². The van der Waals surface area contributed by atoms with Crippen LogP contribution in [0.15, 0.2) is 30.3 Å². The normalized spacial score (nSPS) is 24.0. The van der Waals surface area contributed by atoms with Crippen LogP contribution in [-0.4, -0.2) is 41.7 Å². The van der Waals surface area contributed by atoms with Gasteiger partial charge in [-0.15, -0.1) is 0 Å². The molecule has 1 aliphatic heterocycles. The fourth-order valence-electron chi connectivity index (χ4n) is 4.21. The maximum Gasteiger partial charge on any atom is 0.224 e. The highest BCUT2D eigenvalue weighted by molar-refractivity contribution is 5.79. The molecule has 2 fully saturated rings. The summed E-state index contributed by atoms with van der Waals surface area (Å²) in [4.78, 5) is 15.2. The number of carbonyl (C=O) groups is 1.